The number of amides is 1. The summed E-state index contributed by atoms with van der Waals surface area (Å²) in [5, 5.41) is 2.65. The monoisotopic (exact) mass is 355 g/mol. The summed E-state index contributed by atoms with van der Waals surface area (Å²) in [5.74, 6) is -3.82. The Morgan fingerprint density at radius 2 is 1.79 bits per heavy atom. The number of benzene rings is 1. The van der Waals surface area contributed by atoms with Crippen molar-refractivity contribution in [1.29, 1.82) is 0 Å². The van der Waals surface area contributed by atoms with Crippen molar-refractivity contribution in [3.63, 3.8) is 0 Å². The van der Waals surface area contributed by atoms with Crippen molar-refractivity contribution < 1.29 is 22.0 Å². The Morgan fingerprint density at radius 3 is 2.38 bits per heavy atom. The molecule has 0 spiro atoms. The van der Waals surface area contributed by atoms with Gasteiger partial charge >= 0.3 is 5.76 Å². The molecule has 0 saturated heterocycles. The molecule has 1 aromatic heterocycles. The lowest BCUT2D eigenvalue weighted by atomic mass is 10.0. The molecular formula is C15H15F2N3O3S. The van der Waals surface area contributed by atoms with E-state index in [1.54, 1.807) is 19.9 Å². The summed E-state index contributed by atoms with van der Waals surface area (Å²) in [4.78, 5) is 19.8. The summed E-state index contributed by atoms with van der Waals surface area (Å²) in [6, 6.07) is 6.13. The quantitative estimate of drug-likeness (QED) is 0.888. The van der Waals surface area contributed by atoms with Gasteiger partial charge < -0.3 is 5.32 Å². The van der Waals surface area contributed by atoms with Gasteiger partial charge in [0, 0.05) is 18.0 Å². The van der Waals surface area contributed by atoms with Crippen molar-refractivity contribution in [2.24, 2.45) is 0 Å². The van der Waals surface area contributed by atoms with Gasteiger partial charge in [-0.3, -0.25) is 4.79 Å². The maximum absolute atomic E-state index is 12.6. The standard InChI is InChI=1S/C15H15F2N3O3S/c1-15(2,13-18-7-4-8-19-13)20-12(21)10-5-3-6-11(9-10)24(22,23)14(16)17/h3-9,14H,1-2H3,(H,20,21). The highest BCUT2D eigenvalue weighted by Crippen LogP contribution is 2.20. The van der Waals surface area contributed by atoms with Crippen LogP contribution >= 0.6 is 0 Å². The first-order valence-corrected chi connectivity index (χ1v) is 8.41. The van der Waals surface area contributed by atoms with E-state index in [0.717, 1.165) is 12.1 Å². The van der Waals surface area contributed by atoms with Crippen LogP contribution in [0.1, 0.15) is 30.0 Å². The molecule has 0 saturated carbocycles. The lowest BCUT2D eigenvalue weighted by Crippen LogP contribution is -2.42. The predicted molar refractivity (Wildman–Crippen MR) is 82.2 cm³/mol. The minimum Gasteiger partial charge on any atom is -0.340 e. The molecule has 0 fully saturated rings. The topological polar surface area (TPSA) is 89.0 Å². The largest absolute Gasteiger partial charge is 0.341 e. The van der Waals surface area contributed by atoms with E-state index in [-0.39, 0.29) is 5.56 Å². The Labute approximate surface area is 137 Å². The van der Waals surface area contributed by atoms with Crippen molar-refractivity contribution in [3.05, 3.63) is 54.1 Å². The lowest BCUT2D eigenvalue weighted by molar-refractivity contribution is 0.0908. The fraction of sp³-hybridized carbons (Fsp3) is 0.267. The fourth-order valence-corrected chi connectivity index (χ4v) is 2.72. The number of nitrogens with one attached hydrogen (secondary N) is 1. The summed E-state index contributed by atoms with van der Waals surface area (Å²) in [6.07, 6.45) is 3.04. The molecular weight excluding hydrogens is 340 g/mol. The molecule has 2 rings (SSSR count). The Morgan fingerprint density at radius 1 is 1.17 bits per heavy atom. The summed E-state index contributed by atoms with van der Waals surface area (Å²) < 4.78 is 48.3. The minimum absolute atomic E-state index is 0.0549. The molecule has 128 valence electrons. The highest BCUT2D eigenvalue weighted by molar-refractivity contribution is 7.91. The number of sulfone groups is 1. The van der Waals surface area contributed by atoms with Gasteiger partial charge in [-0.25, -0.2) is 18.4 Å². The SMILES string of the molecule is CC(C)(NC(=O)c1cccc(S(=O)(=O)C(F)F)c1)c1ncccn1. The first-order valence-electron chi connectivity index (χ1n) is 6.87. The van der Waals surface area contributed by atoms with Crippen LogP contribution in [0.4, 0.5) is 8.78 Å². The van der Waals surface area contributed by atoms with E-state index < -0.39 is 31.9 Å². The van der Waals surface area contributed by atoms with Gasteiger partial charge in [-0.1, -0.05) is 6.07 Å². The zero-order valence-corrected chi connectivity index (χ0v) is 13.7. The number of aromatic nitrogens is 2. The van der Waals surface area contributed by atoms with Gasteiger partial charge in [0.25, 0.3) is 5.91 Å². The number of halogens is 2. The number of alkyl halides is 2. The van der Waals surface area contributed by atoms with E-state index in [1.807, 2.05) is 0 Å². The second-order valence-electron chi connectivity index (χ2n) is 5.49. The third-order valence-electron chi connectivity index (χ3n) is 3.21. The summed E-state index contributed by atoms with van der Waals surface area (Å²) >= 11 is 0. The zero-order chi connectivity index (χ0) is 18.0. The number of carbonyl (C=O) groups excluding carboxylic acids is 1. The molecule has 0 aliphatic carbocycles. The van der Waals surface area contributed by atoms with Crippen LogP contribution in [0.3, 0.4) is 0 Å². The van der Waals surface area contributed by atoms with Crippen molar-refractivity contribution >= 4 is 15.7 Å². The van der Waals surface area contributed by atoms with Crippen molar-refractivity contribution in [2.45, 2.75) is 30.0 Å². The van der Waals surface area contributed by atoms with Crippen molar-refractivity contribution in [1.82, 2.24) is 15.3 Å². The molecule has 0 aliphatic rings. The van der Waals surface area contributed by atoms with E-state index in [2.05, 4.69) is 15.3 Å². The number of nitrogens with zero attached hydrogens (tertiary/aromatic N) is 2. The second kappa shape index (κ2) is 6.60. The van der Waals surface area contributed by atoms with E-state index in [0.29, 0.717) is 5.82 Å². The molecule has 1 N–H and O–H groups in total. The molecule has 0 bridgehead atoms. The Balaban J connectivity index is 2.28. The molecule has 6 nitrogen and oxygen atoms in total. The molecule has 9 heteroatoms. The van der Waals surface area contributed by atoms with Gasteiger partial charge in [0.05, 0.1) is 10.4 Å². The molecule has 0 radical (unpaired) electrons. The highest BCUT2D eigenvalue weighted by atomic mass is 32.2. The third kappa shape index (κ3) is 3.73. The van der Waals surface area contributed by atoms with Crippen LogP contribution in [-0.2, 0) is 15.4 Å². The van der Waals surface area contributed by atoms with Crippen LogP contribution < -0.4 is 5.32 Å². The first kappa shape index (κ1) is 17.9. The third-order valence-corrected chi connectivity index (χ3v) is 4.59. The van der Waals surface area contributed by atoms with E-state index >= 15 is 0 Å². The van der Waals surface area contributed by atoms with Crippen LogP contribution in [0.15, 0.2) is 47.6 Å². The lowest BCUT2D eigenvalue weighted by Gasteiger charge is -2.24. The molecule has 0 aliphatic heterocycles. The molecule has 1 amide bonds. The Hall–Kier alpha value is -2.42. The van der Waals surface area contributed by atoms with E-state index in [4.69, 9.17) is 0 Å². The van der Waals surface area contributed by atoms with Gasteiger partial charge in [0.1, 0.15) is 0 Å². The van der Waals surface area contributed by atoms with Gasteiger partial charge in [-0.05, 0) is 38.1 Å². The number of rotatable bonds is 5. The molecule has 0 unspecified atom stereocenters. The molecule has 1 heterocycles. The predicted octanol–water partition coefficient (Wildman–Crippen LogP) is 2.14. The van der Waals surface area contributed by atoms with Crippen LogP contribution in [0.25, 0.3) is 0 Å². The van der Waals surface area contributed by atoms with Crippen LogP contribution in [0.2, 0.25) is 0 Å². The number of hydrogen-bond donors (Lipinski definition) is 1. The zero-order valence-electron chi connectivity index (χ0n) is 12.9. The fourth-order valence-electron chi connectivity index (χ4n) is 1.95. The second-order valence-corrected chi connectivity index (χ2v) is 7.40. The summed E-state index contributed by atoms with van der Waals surface area (Å²) in [6.45, 7) is 3.33. The van der Waals surface area contributed by atoms with Crippen LogP contribution in [0, 0.1) is 0 Å². The molecule has 1 aromatic carbocycles. The molecule has 2 aromatic rings. The van der Waals surface area contributed by atoms with Crippen molar-refractivity contribution in [2.75, 3.05) is 0 Å². The first-order chi connectivity index (χ1) is 11.1. The average molecular weight is 355 g/mol. The Kier molecular flexibility index (Phi) is 4.93. The van der Waals surface area contributed by atoms with E-state index in [9.17, 15) is 22.0 Å². The van der Waals surface area contributed by atoms with Gasteiger partial charge in [0.2, 0.25) is 9.84 Å². The van der Waals surface area contributed by atoms with Crippen molar-refractivity contribution in [3.8, 4) is 0 Å². The van der Waals surface area contributed by atoms with Gasteiger partial charge in [-0.2, -0.15) is 8.78 Å². The maximum atomic E-state index is 12.6. The number of hydrogen-bond acceptors (Lipinski definition) is 5. The normalized spacial score (nSPS) is 12.2. The Bertz CT molecular complexity index is 840. The summed E-state index contributed by atoms with van der Waals surface area (Å²) in [5.41, 5.74) is -0.989. The average Bonchev–Trinajstić information content (AvgIpc) is 2.55. The maximum Gasteiger partial charge on any atom is 0.341 e. The van der Waals surface area contributed by atoms with Crippen LogP contribution in [-0.4, -0.2) is 30.1 Å². The molecule has 24 heavy (non-hydrogen) atoms. The highest BCUT2D eigenvalue weighted by Gasteiger charge is 2.29. The smallest absolute Gasteiger partial charge is 0.340 e. The number of carbonyl (C=O) groups is 1. The van der Waals surface area contributed by atoms with Crippen LogP contribution in [0.5, 0.6) is 0 Å². The minimum atomic E-state index is -4.77. The summed E-state index contributed by atoms with van der Waals surface area (Å²) in [7, 11) is -4.77. The van der Waals surface area contributed by atoms with Gasteiger partial charge in [0.15, 0.2) is 5.82 Å². The molecule has 0 atom stereocenters. The van der Waals surface area contributed by atoms with E-state index in [1.165, 1.54) is 24.5 Å². The van der Waals surface area contributed by atoms with Gasteiger partial charge in [-0.15, -0.1) is 0 Å².